The highest BCUT2D eigenvalue weighted by Gasteiger charge is 2.06. The second kappa shape index (κ2) is 8.88. The molecule has 0 aliphatic carbocycles. The van der Waals surface area contributed by atoms with Gasteiger partial charge in [-0.15, -0.1) is 0 Å². The molecule has 1 rings (SSSR count). The molecule has 1 heterocycles. The predicted octanol–water partition coefficient (Wildman–Crippen LogP) is 2.86. The normalized spacial score (nSPS) is 11.0. The third-order valence-electron chi connectivity index (χ3n) is 2.83. The summed E-state index contributed by atoms with van der Waals surface area (Å²) < 4.78 is 11.1. The number of nitrogens with two attached hydrogens (primary N) is 1. The Morgan fingerprint density at radius 3 is 2.63 bits per heavy atom. The first-order chi connectivity index (χ1) is 9.17. The zero-order valence-electron chi connectivity index (χ0n) is 12.3. The molecule has 0 radical (unpaired) electrons. The smallest absolute Gasteiger partial charge is 0.213 e. The highest BCUT2D eigenvalue weighted by atomic mass is 16.5. The minimum atomic E-state index is 0.370. The van der Waals surface area contributed by atoms with Crippen LogP contribution in [0.4, 0.5) is 0 Å². The van der Waals surface area contributed by atoms with Gasteiger partial charge in [0.25, 0.3) is 0 Å². The summed E-state index contributed by atoms with van der Waals surface area (Å²) in [6.07, 6.45) is 2.25. The maximum absolute atomic E-state index is 5.69. The van der Waals surface area contributed by atoms with Crippen molar-refractivity contribution in [3.8, 4) is 5.88 Å². The fourth-order valence-corrected chi connectivity index (χ4v) is 1.62. The molecule has 2 N–H and O–H groups in total. The lowest BCUT2D eigenvalue weighted by Crippen LogP contribution is -2.10. The number of hydrogen-bond donors (Lipinski definition) is 1. The molecule has 0 spiro atoms. The molecule has 4 nitrogen and oxygen atoms in total. The van der Waals surface area contributed by atoms with Crippen LogP contribution in [-0.2, 0) is 11.3 Å². The number of rotatable bonds is 9. The van der Waals surface area contributed by atoms with Gasteiger partial charge in [0.05, 0.1) is 6.61 Å². The first kappa shape index (κ1) is 15.9. The molecule has 108 valence electrons. The molecule has 0 amide bonds. The van der Waals surface area contributed by atoms with Gasteiger partial charge in [-0.05, 0) is 24.0 Å². The Balaban J connectivity index is 2.46. The van der Waals surface area contributed by atoms with E-state index in [1.807, 2.05) is 12.1 Å². The minimum Gasteiger partial charge on any atom is -0.475 e. The van der Waals surface area contributed by atoms with Gasteiger partial charge in [0, 0.05) is 24.9 Å². The van der Waals surface area contributed by atoms with E-state index in [1.165, 1.54) is 0 Å². The summed E-state index contributed by atoms with van der Waals surface area (Å²) in [5.74, 6) is 1.01. The molecule has 0 aliphatic heterocycles. The van der Waals surface area contributed by atoms with E-state index in [1.54, 1.807) is 0 Å². The van der Waals surface area contributed by atoms with Gasteiger partial charge in [-0.3, -0.25) is 0 Å². The lowest BCUT2D eigenvalue weighted by Gasteiger charge is -2.11. The third kappa shape index (κ3) is 6.03. The Morgan fingerprint density at radius 1 is 1.21 bits per heavy atom. The fraction of sp³-hybridized carbons (Fsp3) is 0.667. The molecule has 0 aromatic carbocycles. The van der Waals surface area contributed by atoms with Crippen LogP contribution in [0.2, 0.25) is 0 Å². The maximum atomic E-state index is 5.69. The maximum Gasteiger partial charge on any atom is 0.213 e. The van der Waals surface area contributed by atoms with Crippen molar-refractivity contribution >= 4 is 0 Å². The van der Waals surface area contributed by atoms with Crippen LogP contribution in [0.15, 0.2) is 12.1 Å². The van der Waals surface area contributed by atoms with E-state index in [0.29, 0.717) is 31.6 Å². The van der Waals surface area contributed by atoms with Crippen molar-refractivity contribution < 1.29 is 9.47 Å². The average Bonchev–Trinajstić information content (AvgIpc) is 2.42. The fourth-order valence-electron chi connectivity index (χ4n) is 1.62. The van der Waals surface area contributed by atoms with E-state index in [9.17, 15) is 0 Å². The van der Waals surface area contributed by atoms with Crippen molar-refractivity contribution in [2.24, 2.45) is 5.73 Å². The molecule has 1 aromatic heterocycles. The molecule has 1 aromatic rings. The van der Waals surface area contributed by atoms with Gasteiger partial charge in [0.1, 0.15) is 6.61 Å². The molecular formula is C15H26N2O2. The quantitative estimate of drug-likeness (QED) is 0.698. The second-order valence-electron chi connectivity index (χ2n) is 4.91. The van der Waals surface area contributed by atoms with Gasteiger partial charge in [-0.2, -0.15) is 0 Å². The van der Waals surface area contributed by atoms with E-state index in [-0.39, 0.29) is 0 Å². The molecular weight excluding hydrogens is 240 g/mol. The van der Waals surface area contributed by atoms with Crippen LogP contribution in [0.5, 0.6) is 5.88 Å². The Kier molecular flexibility index (Phi) is 7.45. The first-order valence-corrected chi connectivity index (χ1v) is 7.08. The molecule has 4 heteroatoms. The van der Waals surface area contributed by atoms with Crippen molar-refractivity contribution in [1.29, 1.82) is 0 Å². The summed E-state index contributed by atoms with van der Waals surface area (Å²) in [5, 5.41) is 0. The van der Waals surface area contributed by atoms with Crippen LogP contribution in [0, 0.1) is 0 Å². The van der Waals surface area contributed by atoms with Crippen LogP contribution in [0.3, 0.4) is 0 Å². The van der Waals surface area contributed by atoms with Gasteiger partial charge >= 0.3 is 0 Å². The molecule has 0 saturated heterocycles. The van der Waals surface area contributed by atoms with Gasteiger partial charge in [-0.25, -0.2) is 4.98 Å². The Hall–Kier alpha value is -1.13. The van der Waals surface area contributed by atoms with Crippen LogP contribution < -0.4 is 10.5 Å². The van der Waals surface area contributed by atoms with Gasteiger partial charge in [0.2, 0.25) is 5.88 Å². The summed E-state index contributed by atoms with van der Waals surface area (Å²) in [7, 11) is 0. The highest BCUT2D eigenvalue weighted by molar-refractivity contribution is 5.26. The van der Waals surface area contributed by atoms with Crippen LogP contribution in [0.1, 0.15) is 50.8 Å². The van der Waals surface area contributed by atoms with Crippen molar-refractivity contribution in [3.63, 3.8) is 0 Å². The number of nitrogens with zero attached hydrogens (tertiary/aromatic N) is 1. The standard InChI is InChI=1S/C15H26N2O2/c1-4-5-6-18-7-8-19-15-10-13(11-16)9-14(17-15)12(2)3/h9-10,12H,4-8,11,16H2,1-3H3. The summed E-state index contributed by atoms with van der Waals surface area (Å²) in [6.45, 7) is 8.81. The Labute approximate surface area is 116 Å². The van der Waals surface area contributed by atoms with Crippen LogP contribution in [-0.4, -0.2) is 24.8 Å². The summed E-state index contributed by atoms with van der Waals surface area (Å²) in [5.41, 5.74) is 7.76. The van der Waals surface area contributed by atoms with Gasteiger partial charge in [-0.1, -0.05) is 27.2 Å². The molecule has 0 atom stereocenters. The van der Waals surface area contributed by atoms with Gasteiger partial charge < -0.3 is 15.2 Å². The van der Waals surface area contributed by atoms with Crippen molar-refractivity contribution in [2.45, 2.75) is 46.1 Å². The van der Waals surface area contributed by atoms with Crippen LogP contribution in [0.25, 0.3) is 0 Å². The summed E-state index contributed by atoms with van der Waals surface area (Å²) in [4.78, 5) is 4.48. The molecule has 0 fully saturated rings. The molecule has 0 bridgehead atoms. The van der Waals surface area contributed by atoms with E-state index >= 15 is 0 Å². The lowest BCUT2D eigenvalue weighted by atomic mass is 10.1. The van der Waals surface area contributed by atoms with E-state index in [0.717, 1.165) is 30.7 Å². The topological polar surface area (TPSA) is 57.4 Å². The van der Waals surface area contributed by atoms with E-state index in [4.69, 9.17) is 15.2 Å². The zero-order valence-corrected chi connectivity index (χ0v) is 12.3. The number of aromatic nitrogens is 1. The lowest BCUT2D eigenvalue weighted by molar-refractivity contribution is 0.0964. The van der Waals surface area contributed by atoms with Crippen molar-refractivity contribution in [1.82, 2.24) is 4.98 Å². The first-order valence-electron chi connectivity index (χ1n) is 7.08. The molecule has 19 heavy (non-hydrogen) atoms. The number of hydrogen-bond acceptors (Lipinski definition) is 4. The molecule has 0 aliphatic rings. The van der Waals surface area contributed by atoms with Crippen molar-refractivity contribution in [3.05, 3.63) is 23.4 Å². The molecule has 0 unspecified atom stereocenters. The Morgan fingerprint density at radius 2 is 2.00 bits per heavy atom. The number of ether oxygens (including phenoxy) is 2. The monoisotopic (exact) mass is 266 g/mol. The van der Waals surface area contributed by atoms with Gasteiger partial charge in [0.15, 0.2) is 0 Å². The SMILES string of the molecule is CCCCOCCOc1cc(CN)cc(C(C)C)n1. The third-order valence-corrected chi connectivity index (χ3v) is 2.83. The number of pyridine rings is 1. The summed E-state index contributed by atoms with van der Waals surface area (Å²) in [6, 6.07) is 3.94. The zero-order chi connectivity index (χ0) is 14.1. The predicted molar refractivity (Wildman–Crippen MR) is 77.4 cm³/mol. The largest absolute Gasteiger partial charge is 0.475 e. The minimum absolute atomic E-state index is 0.370. The van der Waals surface area contributed by atoms with E-state index < -0.39 is 0 Å². The summed E-state index contributed by atoms with van der Waals surface area (Å²) >= 11 is 0. The second-order valence-corrected chi connectivity index (χ2v) is 4.91. The molecule has 0 saturated carbocycles. The average molecular weight is 266 g/mol. The highest BCUT2D eigenvalue weighted by Crippen LogP contribution is 2.18. The van der Waals surface area contributed by atoms with Crippen LogP contribution >= 0.6 is 0 Å². The van der Waals surface area contributed by atoms with E-state index in [2.05, 4.69) is 25.8 Å². The Bertz CT molecular complexity index is 367. The number of unbranched alkanes of at least 4 members (excludes halogenated alkanes) is 1. The van der Waals surface area contributed by atoms with Crippen molar-refractivity contribution in [2.75, 3.05) is 19.8 Å².